The van der Waals surface area contributed by atoms with Crippen molar-refractivity contribution in [2.24, 2.45) is 5.41 Å². The molecule has 5 heteroatoms. The first-order valence-corrected chi connectivity index (χ1v) is 8.86. The Balaban J connectivity index is 3.18. The van der Waals surface area contributed by atoms with Gasteiger partial charge in [-0.2, -0.15) is 5.26 Å². The van der Waals surface area contributed by atoms with Crippen LogP contribution >= 0.6 is 0 Å². The average Bonchev–Trinajstić information content (AvgIpc) is 2.53. The summed E-state index contributed by atoms with van der Waals surface area (Å²) in [5.74, 6) is -3.13. The molecule has 0 aromatic heterocycles. The molecule has 0 spiro atoms. The van der Waals surface area contributed by atoms with Gasteiger partial charge in [-0.3, -0.25) is 0 Å². The molecule has 27 heavy (non-hydrogen) atoms. The van der Waals surface area contributed by atoms with E-state index in [2.05, 4.69) is 26.8 Å². The van der Waals surface area contributed by atoms with E-state index < -0.39 is 17.5 Å². The number of nitriles is 1. The van der Waals surface area contributed by atoms with Crippen LogP contribution < -0.4 is 0 Å². The predicted molar refractivity (Wildman–Crippen MR) is 105 cm³/mol. The monoisotopic (exact) mass is 369 g/mol. The number of hydrogen-bond donors (Lipinski definition) is 2. The number of allylic oxidation sites excluding steroid dienone is 9. The van der Waals surface area contributed by atoms with E-state index in [0.29, 0.717) is 0 Å². The normalized spacial score (nSPS) is 17.6. The van der Waals surface area contributed by atoms with Crippen molar-refractivity contribution in [2.45, 2.75) is 53.9 Å². The molecule has 0 atom stereocenters. The van der Waals surface area contributed by atoms with Crippen LogP contribution in [0.4, 0.5) is 0 Å². The smallest absolute Gasteiger partial charge is 0.343 e. The molecule has 0 amide bonds. The Labute approximate surface area is 160 Å². The maximum Gasteiger partial charge on any atom is 0.343 e. The van der Waals surface area contributed by atoms with Gasteiger partial charge in [0.1, 0.15) is 5.57 Å². The number of carboxylic acid groups (broad SMARTS) is 2. The Bertz CT molecular complexity index is 811. The van der Waals surface area contributed by atoms with Crippen LogP contribution in [0.2, 0.25) is 0 Å². The van der Waals surface area contributed by atoms with Crippen LogP contribution in [0.25, 0.3) is 0 Å². The highest BCUT2D eigenvalue weighted by molar-refractivity contribution is 6.13. The molecule has 0 saturated carbocycles. The lowest BCUT2D eigenvalue weighted by atomic mass is 9.72. The van der Waals surface area contributed by atoms with E-state index >= 15 is 0 Å². The van der Waals surface area contributed by atoms with Gasteiger partial charge in [0, 0.05) is 0 Å². The maximum atomic E-state index is 11.1. The molecule has 144 valence electrons. The van der Waals surface area contributed by atoms with E-state index in [0.717, 1.165) is 18.4 Å². The Kier molecular flexibility index (Phi) is 7.54. The van der Waals surface area contributed by atoms with Gasteiger partial charge in [0.2, 0.25) is 0 Å². The van der Waals surface area contributed by atoms with E-state index in [1.165, 1.54) is 30.6 Å². The minimum absolute atomic E-state index is 0.0101. The average molecular weight is 369 g/mol. The minimum Gasteiger partial charge on any atom is -0.477 e. The maximum absolute atomic E-state index is 11.1. The van der Waals surface area contributed by atoms with E-state index in [1.807, 2.05) is 19.1 Å². The fourth-order valence-corrected chi connectivity index (χ4v) is 3.29. The summed E-state index contributed by atoms with van der Waals surface area (Å²) in [4.78, 5) is 22.2. The molecular weight excluding hydrogens is 342 g/mol. The highest BCUT2D eigenvalue weighted by atomic mass is 16.4. The molecule has 0 bridgehead atoms. The number of carboxylic acids is 2. The minimum atomic E-state index is -1.57. The fourth-order valence-electron chi connectivity index (χ4n) is 3.29. The van der Waals surface area contributed by atoms with Gasteiger partial charge in [-0.1, -0.05) is 43.2 Å². The quantitative estimate of drug-likeness (QED) is 0.227. The summed E-state index contributed by atoms with van der Waals surface area (Å²) < 4.78 is 0. The third-order valence-electron chi connectivity index (χ3n) is 4.90. The van der Waals surface area contributed by atoms with Gasteiger partial charge in [0.05, 0.1) is 11.6 Å². The highest BCUT2D eigenvalue weighted by Gasteiger charge is 2.26. The van der Waals surface area contributed by atoms with Crippen molar-refractivity contribution in [1.82, 2.24) is 0 Å². The Morgan fingerprint density at radius 3 is 2.22 bits per heavy atom. The number of hydrogen-bond acceptors (Lipinski definition) is 3. The van der Waals surface area contributed by atoms with Crippen LogP contribution in [0.5, 0.6) is 0 Å². The van der Waals surface area contributed by atoms with Crippen molar-refractivity contribution in [2.75, 3.05) is 0 Å². The zero-order chi connectivity index (χ0) is 20.8. The lowest BCUT2D eigenvalue weighted by molar-refractivity contribution is -0.140. The van der Waals surface area contributed by atoms with E-state index in [9.17, 15) is 14.9 Å². The summed E-state index contributed by atoms with van der Waals surface area (Å²) in [5.41, 5.74) is 2.85. The SMILES string of the molecule is CC1=C(/C=C/C(C)=C/C=C(\C#N)C(C)=C(C(=O)O)C(=O)O)C(C)(C)CCC1. The topological polar surface area (TPSA) is 98.4 Å². The summed E-state index contributed by atoms with van der Waals surface area (Å²) in [6.07, 6.45) is 10.6. The number of aliphatic carboxylic acids is 2. The second-order valence-corrected chi connectivity index (χ2v) is 7.48. The molecule has 0 aliphatic heterocycles. The summed E-state index contributed by atoms with van der Waals surface area (Å²) in [6.45, 7) is 9.82. The van der Waals surface area contributed by atoms with Crippen LogP contribution in [0.1, 0.15) is 53.9 Å². The molecule has 2 N–H and O–H groups in total. The number of rotatable bonds is 6. The number of nitrogens with zero attached hydrogens (tertiary/aromatic N) is 1. The fraction of sp³-hybridized carbons (Fsp3) is 0.409. The highest BCUT2D eigenvalue weighted by Crippen LogP contribution is 2.40. The molecule has 1 aliphatic rings. The molecule has 1 rings (SSSR count). The molecule has 0 fully saturated rings. The van der Waals surface area contributed by atoms with Gasteiger partial charge < -0.3 is 10.2 Å². The van der Waals surface area contributed by atoms with Gasteiger partial charge in [0.25, 0.3) is 0 Å². The molecule has 0 aromatic rings. The molecule has 0 saturated heterocycles. The van der Waals surface area contributed by atoms with Crippen LogP contribution in [-0.4, -0.2) is 22.2 Å². The van der Waals surface area contributed by atoms with Crippen molar-refractivity contribution in [3.8, 4) is 6.07 Å². The van der Waals surface area contributed by atoms with Crippen LogP contribution in [0.3, 0.4) is 0 Å². The molecule has 0 radical (unpaired) electrons. The Hall–Kier alpha value is -2.87. The van der Waals surface area contributed by atoms with Gasteiger partial charge in [-0.15, -0.1) is 0 Å². The van der Waals surface area contributed by atoms with Crippen molar-refractivity contribution < 1.29 is 19.8 Å². The molecule has 0 heterocycles. The summed E-state index contributed by atoms with van der Waals surface area (Å²) in [7, 11) is 0. The van der Waals surface area contributed by atoms with Gasteiger partial charge in [-0.05, 0) is 62.7 Å². The second-order valence-electron chi connectivity index (χ2n) is 7.48. The van der Waals surface area contributed by atoms with Crippen molar-refractivity contribution >= 4 is 11.9 Å². The largest absolute Gasteiger partial charge is 0.477 e. The summed E-state index contributed by atoms with van der Waals surface area (Å²) in [6, 6.07) is 1.87. The first kappa shape index (κ1) is 22.2. The van der Waals surface area contributed by atoms with E-state index in [1.54, 1.807) is 6.08 Å². The standard InChI is InChI=1S/C22H27NO4/c1-14(9-11-18-15(2)7-6-12-22(18,4)5)8-10-17(13-23)16(3)19(20(24)25)21(26)27/h8-11H,6-7,12H2,1-5H3,(H,24,25)(H,26,27)/b11-9+,14-8+,17-10+. The summed E-state index contributed by atoms with van der Waals surface area (Å²) in [5, 5.41) is 27.3. The first-order valence-electron chi connectivity index (χ1n) is 8.86. The van der Waals surface area contributed by atoms with Crippen molar-refractivity contribution in [3.05, 3.63) is 57.7 Å². The van der Waals surface area contributed by atoms with Gasteiger partial charge in [-0.25, -0.2) is 9.59 Å². The van der Waals surface area contributed by atoms with Crippen LogP contribution in [0, 0.1) is 16.7 Å². The second kappa shape index (κ2) is 9.18. The summed E-state index contributed by atoms with van der Waals surface area (Å²) >= 11 is 0. The molecular formula is C22H27NO4. The first-order chi connectivity index (χ1) is 12.5. The molecule has 5 nitrogen and oxygen atoms in total. The van der Waals surface area contributed by atoms with E-state index in [4.69, 9.17) is 10.2 Å². The third kappa shape index (κ3) is 5.82. The van der Waals surface area contributed by atoms with Gasteiger partial charge >= 0.3 is 11.9 Å². The molecule has 0 unspecified atom stereocenters. The van der Waals surface area contributed by atoms with Crippen LogP contribution in [-0.2, 0) is 9.59 Å². The van der Waals surface area contributed by atoms with E-state index in [-0.39, 0.29) is 16.6 Å². The number of carbonyl (C=O) groups is 2. The van der Waals surface area contributed by atoms with Crippen molar-refractivity contribution in [3.63, 3.8) is 0 Å². The lowest BCUT2D eigenvalue weighted by Crippen LogP contribution is -2.19. The van der Waals surface area contributed by atoms with Crippen molar-refractivity contribution in [1.29, 1.82) is 5.26 Å². The Morgan fingerprint density at radius 1 is 1.15 bits per heavy atom. The third-order valence-corrected chi connectivity index (χ3v) is 4.90. The van der Waals surface area contributed by atoms with Crippen LogP contribution in [0.15, 0.2) is 57.7 Å². The Morgan fingerprint density at radius 2 is 1.74 bits per heavy atom. The molecule has 0 aromatic carbocycles. The molecule has 1 aliphatic carbocycles. The zero-order valence-corrected chi connectivity index (χ0v) is 16.6. The lowest BCUT2D eigenvalue weighted by Gasteiger charge is -2.32. The van der Waals surface area contributed by atoms with Gasteiger partial charge in [0.15, 0.2) is 0 Å². The zero-order valence-electron chi connectivity index (χ0n) is 16.6. The predicted octanol–water partition coefficient (Wildman–Crippen LogP) is 4.95.